The maximum Gasteiger partial charge on any atom is 0.220 e. The van der Waals surface area contributed by atoms with Crippen LogP contribution in [-0.4, -0.2) is 24.7 Å². The van der Waals surface area contributed by atoms with Crippen LogP contribution >= 0.6 is 0 Å². The molecule has 0 spiro atoms. The lowest BCUT2D eigenvalue weighted by atomic mass is 9.97. The second-order valence-corrected chi connectivity index (χ2v) is 4.69. The maximum absolute atomic E-state index is 11.4. The normalized spacial score (nSPS) is 12.1. The van der Waals surface area contributed by atoms with E-state index in [9.17, 15) is 9.90 Å². The Kier molecular flexibility index (Phi) is 5.83. The smallest absolute Gasteiger partial charge is 0.220 e. The molecule has 1 amide bonds. The van der Waals surface area contributed by atoms with Crippen LogP contribution in [0.4, 0.5) is 0 Å². The number of hydrogen-bond donors (Lipinski definition) is 2. The van der Waals surface area contributed by atoms with Gasteiger partial charge in [0.25, 0.3) is 0 Å². The lowest BCUT2D eigenvalue weighted by Gasteiger charge is -2.16. The summed E-state index contributed by atoms with van der Waals surface area (Å²) in [5.74, 6) is 0.793. The molecule has 2 N–H and O–H groups in total. The molecule has 4 heteroatoms. The van der Waals surface area contributed by atoms with Gasteiger partial charge in [-0.15, -0.1) is 0 Å². The highest BCUT2D eigenvalue weighted by molar-refractivity contribution is 5.75. The molecule has 1 aromatic carbocycles. The van der Waals surface area contributed by atoms with Gasteiger partial charge in [-0.2, -0.15) is 0 Å². The van der Waals surface area contributed by atoms with Crippen LogP contribution in [0.25, 0.3) is 0 Å². The molecule has 1 atom stereocenters. The van der Waals surface area contributed by atoms with E-state index in [2.05, 4.69) is 5.32 Å². The lowest BCUT2D eigenvalue weighted by molar-refractivity contribution is -0.121. The molecule has 0 aliphatic heterocycles. The molecule has 0 heterocycles. The van der Waals surface area contributed by atoms with Gasteiger partial charge in [0.1, 0.15) is 5.75 Å². The van der Waals surface area contributed by atoms with E-state index < -0.39 is 6.10 Å². The monoisotopic (exact) mass is 265 g/mol. The average Bonchev–Trinajstić information content (AvgIpc) is 2.38. The van der Waals surface area contributed by atoms with Crippen molar-refractivity contribution in [2.75, 3.05) is 13.7 Å². The second kappa shape index (κ2) is 7.14. The molecule has 106 valence electrons. The Bertz CT molecular complexity index is 443. The van der Waals surface area contributed by atoms with E-state index in [0.717, 1.165) is 22.4 Å². The summed E-state index contributed by atoms with van der Waals surface area (Å²) in [6.45, 7) is 6.38. The van der Waals surface area contributed by atoms with Gasteiger partial charge in [0.2, 0.25) is 5.91 Å². The molecule has 0 fully saturated rings. The standard InChI is InChI=1S/C15H23NO3/c1-5-16-15(18)7-6-13(17)12-8-11(3)14(19-4)9-10(12)2/h8-9,13,17H,5-7H2,1-4H3,(H,16,18). The number of carbonyl (C=O) groups excluding carboxylic acids is 1. The van der Waals surface area contributed by atoms with E-state index in [1.807, 2.05) is 32.9 Å². The first-order valence-corrected chi connectivity index (χ1v) is 6.59. The zero-order valence-electron chi connectivity index (χ0n) is 12.1. The molecular formula is C15H23NO3. The molecule has 19 heavy (non-hydrogen) atoms. The number of rotatable bonds is 6. The van der Waals surface area contributed by atoms with Crippen molar-refractivity contribution in [3.8, 4) is 5.75 Å². The van der Waals surface area contributed by atoms with E-state index in [4.69, 9.17) is 4.74 Å². The zero-order chi connectivity index (χ0) is 14.4. The highest BCUT2D eigenvalue weighted by Gasteiger charge is 2.14. The van der Waals surface area contributed by atoms with Gasteiger partial charge in [-0.3, -0.25) is 4.79 Å². The molecule has 0 aliphatic rings. The quantitative estimate of drug-likeness (QED) is 0.829. The van der Waals surface area contributed by atoms with Crippen LogP contribution in [0.2, 0.25) is 0 Å². The predicted octanol–water partition coefficient (Wildman–Crippen LogP) is 2.26. The van der Waals surface area contributed by atoms with Crippen molar-refractivity contribution in [3.05, 3.63) is 28.8 Å². The zero-order valence-corrected chi connectivity index (χ0v) is 12.1. The SMILES string of the molecule is CCNC(=O)CCC(O)c1cc(C)c(OC)cc1C. The van der Waals surface area contributed by atoms with E-state index in [1.54, 1.807) is 7.11 Å². The summed E-state index contributed by atoms with van der Waals surface area (Å²) < 4.78 is 5.24. The van der Waals surface area contributed by atoms with Crippen molar-refractivity contribution in [1.29, 1.82) is 0 Å². The Morgan fingerprint density at radius 1 is 1.37 bits per heavy atom. The number of aliphatic hydroxyl groups excluding tert-OH is 1. The fourth-order valence-electron chi connectivity index (χ4n) is 2.10. The Morgan fingerprint density at radius 3 is 2.63 bits per heavy atom. The van der Waals surface area contributed by atoms with E-state index in [1.165, 1.54) is 0 Å². The van der Waals surface area contributed by atoms with Gasteiger partial charge in [0.05, 0.1) is 13.2 Å². The Hall–Kier alpha value is -1.55. The van der Waals surface area contributed by atoms with Crippen LogP contribution < -0.4 is 10.1 Å². The number of ether oxygens (including phenoxy) is 1. The molecule has 0 saturated heterocycles. The van der Waals surface area contributed by atoms with Crippen molar-refractivity contribution in [2.45, 2.75) is 39.7 Å². The first-order valence-electron chi connectivity index (χ1n) is 6.59. The van der Waals surface area contributed by atoms with Crippen molar-refractivity contribution >= 4 is 5.91 Å². The van der Waals surface area contributed by atoms with Gasteiger partial charge in [0.15, 0.2) is 0 Å². The van der Waals surface area contributed by atoms with Gasteiger partial charge in [0, 0.05) is 13.0 Å². The summed E-state index contributed by atoms with van der Waals surface area (Å²) in [5, 5.41) is 12.9. The largest absolute Gasteiger partial charge is 0.496 e. The molecule has 4 nitrogen and oxygen atoms in total. The summed E-state index contributed by atoms with van der Waals surface area (Å²) in [7, 11) is 1.63. The average molecular weight is 265 g/mol. The van der Waals surface area contributed by atoms with Gasteiger partial charge in [-0.25, -0.2) is 0 Å². The van der Waals surface area contributed by atoms with Crippen molar-refractivity contribution in [3.63, 3.8) is 0 Å². The van der Waals surface area contributed by atoms with Crippen molar-refractivity contribution in [2.24, 2.45) is 0 Å². The molecule has 0 aliphatic carbocycles. The highest BCUT2D eigenvalue weighted by atomic mass is 16.5. The van der Waals surface area contributed by atoms with Gasteiger partial charge in [-0.1, -0.05) is 0 Å². The molecule has 0 saturated carbocycles. The molecule has 0 aromatic heterocycles. The number of aliphatic hydroxyl groups is 1. The van der Waals surface area contributed by atoms with Crippen LogP contribution in [0.1, 0.15) is 42.6 Å². The van der Waals surface area contributed by atoms with Crippen molar-refractivity contribution < 1.29 is 14.6 Å². The van der Waals surface area contributed by atoms with Gasteiger partial charge in [-0.05, 0) is 56.0 Å². The number of carbonyl (C=O) groups is 1. The van der Waals surface area contributed by atoms with E-state index in [-0.39, 0.29) is 5.91 Å². The van der Waals surface area contributed by atoms with Crippen LogP contribution in [0, 0.1) is 13.8 Å². The Labute approximate surface area is 114 Å². The number of aryl methyl sites for hydroxylation is 2. The predicted molar refractivity (Wildman–Crippen MR) is 75.3 cm³/mol. The number of amides is 1. The Morgan fingerprint density at radius 2 is 2.05 bits per heavy atom. The minimum atomic E-state index is -0.618. The van der Waals surface area contributed by atoms with E-state index >= 15 is 0 Å². The third-order valence-electron chi connectivity index (χ3n) is 3.16. The second-order valence-electron chi connectivity index (χ2n) is 4.69. The molecule has 0 radical (unpaired) electrons. The number of methoxy groups -OCH3 is 1. The van der Waals surface area contributed by atoms with Crippen LogP contribution in [0.5, 0.6) is 5.75 Å². The van der Waals surface area contributed by atoms with Gasteiger partial charge >= 0.3 is 0 Å². The summed E-state index contributed by atoms with van der Waals surface area (Å²) in [6, 6.07) is 3.84. The maximum atomic E-state index is 11.4. The van der Waals surface area contributed by atoms with Crippen molar-refractivity contribution in [1.82, 2.24) is 5.32 Å². The molecule has 1 rings (SSSR count). The first-order chi connectivity index (χ1) is 8.99. The summed E-state index contributed by atoms with van der Waals surface area (Å²) in [6.07, 6.45) is 0.144. The number of hydrogen-bond acceptors (Lipinski definition) is 3. The van der Waals surface area contributed by atoms with Crippen LogP contribution in [-0.2, 0) is 4.79 Å². The third kappa shape index (κ3) is 4.24. The summed E-state index contributed by atoms with van der Waals surface area (Å²) in [4.78, 5) is 11.4. The minimum absolute atomic E-state index is 0.0237. The number of benzene rings is 1. The molecule has 1 unspecified atom stereocenters. The molecule has 0 bridgehead atoms. The molecular weight excluding hydrogens is 242 g/mol. The fourth-order valence-corrected chi connectivity index (χ4v) is 2.10. The fraction of sp³-hybridized carbons (Fsp3) is 0.533. The number of nitrogens with one attached hydrogen (secondary N) is 1. The minimum Gasteiger partial charge on any atom is -0.496 e. The van der Waals surface area contributed by atoms with Crippen LogP contribution in [0.15, 0.2) is 12.1 Å². The van der Waals surface area contributed by atoms with Gasteiger partial charge < -0.3 is 15.2 Å². The summed E-state index contributed by atoms with van der Waals surface area (Å²) >= 11 is 0. The topological polar surface area (TPSA) is 58.6 Å². The third-order valence-corrected chi connectivity index (χ3v) is 3.16. The van der Waals surface area contributed by atoms with E-state index in [0.29, 0.717) is 19.4 Å². The molecule has 1 aromatic rings. The Balaban J connectivity index is 2.74. The van der Waals surface area contributed by atoms with Crippen LogP contribution in [0.3, 0.4) is 0 Å². The highest BCUT2D eigenvalue weighted by Crippen LogP contribution is 2.28. The lowest BCUT2D eigenvalue weighted by Crippen LogP contribution is -2.22. The summed E-state index contributed by atoms with van der Waals surface area (Å²) in [5.41, 5.74) is 2.83. The first kappa shape index (κ1) is 15.5.